The molecule has 0 aliphatic rings. The average molecular weight is 485 g/mol. The summed E-state index contributed by atoms with van der Waals surface area (Å²) in [6.45, 7) is 0.646. The van der Waals surface area contributed by atoms with Crippen molar-refractivity contribution in [3.05, 3.63) is 126 Å². The van der Waals surface area contributed by atoms with E-state index in [2.05, 4.69) is 36.4 Å². The van der Waals surface area contributed by atoms with E-state index in [0.717, 1.165) is 33.9 Å². The summed E-state index contributed by atoms with van der Waals surface area (Å²) < 4.78 is 29.3. The third-order valence-corrected chi connectivity index (χ3v) is 6.17. The van der Waals surface area contributed by atoms with E-state index in [1.54, 1.807) is 21.3 Å². The normalized spacial score (nSPS) is 12.1. The van der Waals surface area contributed by atoms with Gasteiger partial charge in [0.1, 0.15) is 35.6 Å². The predicted molar refractivity (Wildman–Crippen MR) is 141 cm³/mol. The third-order valence-electron chi connectivity index (χ3n) is 6.17. The van der Waals surface area contributed by atoms with Gasteiger partial charge >= 0.3 is 0 Å². The summed E-state index contributed by atoms with van der Waals surface area (Å²) in [4.78, 5) is 0. The molecule has 0 aromatic heterocycles. The van der Waals surface area contributed by atoms with Gasteiger partial charge in [-0.2, -0.15) is 0 Å². The molecule has 186 valence electrons. The van der Waals surface area contributed by atoms with Crippen LogP contribution in [0.1, 0.15) is 16.7 Å². The molecule has 1 atom stereocenters. The van der Waals surface area contributed by atoms with Gasteiger partial charge in [-0.15, -0.1) is 0 Å². The van der Waals surface area contributed by atoms with Crippen LogP contribution in [0, 0.1) is 0 Å². The van der Waals surface area contributed by atoms with Crippen LogP contribution in [0.5, 0.6) is 17.2 Å². The number of ether oxygens (including phenoxy) is 5. The van der Waals surface area contributed by atoms with Gasteiger partial charge in [-0.3, -0.25) is 0 Å². The van der Waals surface area contributed by atoms with Crippen molar-refractivity contribution in [1.29, 1.82) is 0 Å². The van der Waals surface area contributed by atoms with E-state index in [0.29, 0.717) is 13.2 Å². The smallest absolute Gasteiger partial charge is 0.143 e. The lowest BCUT2D eigenvalue weighted by Crippen LogP contribution is -2.37. The topological polar surface area (TPSA) is 46.2 Å². The maximum Gasteiger partial charge on any atom is 0.143 e. The molecule has 0 saturated carbocycles. The Labute approximate surface area is 213 Å². The van der Waals surface area contributed by atoms with Crippen molar-refractivity contribution in [1.82, 2.24) is 0 Å². The van der Waals surface area contributed by atoms with Gasteiger partial charge in [0.15, 0.2) is 0 Å². The molecule has 4 aromatic rings. The fraction of sp³-hybridized carbons (Fsp3) is 0.226. The van der Waals surface area contributed by atoms with E-state index in [1.165, 1.54) is 0 Å². The minimum absolute atomic E-state index is 0.294. The molecule has 0 aliphatic heterocycles. The molecule has 0 spiro atoms. The highest BCUT2D eigenvalue weighted by Crippen LogP contribution is 2.41. The molecule has 5 heteroatoms. The molecule has 0 unspecified atom stereocenters. The highest BCUT2D eigenvalue weighted by atomic mass is 16.6. The number of methoxy groups -OCH3 is 3. The quantitative estimate of drug-likeness (QED) is 0.227. The first-order valence-corrected chi connectivity index (χ1v) is 11.9. The first-order chi connectivity index (χ1) is 17.7. The zero-order valence-corrected chi connectivity index (χ0v) is 20.9. The van der Waals surface area contributed by atoms with Crippen LogP contribution < -0.4 is 14.2 Å². The van der Waals surface area contributed by atoms with Crippen LogP contribution in [0.4, 0.5) is 0 Å². The van der Waals surface area contributed by atoms with Crippen LogP contribution in [0.25, 0.3) is 0 Å². The lowest BCUT2D eigenvalue weighted by Gasteiger charge is -2.37. The minimum atomic E-state index is -0.855. The van der Waals surface area contributed by atoms with Crippen molar-refractivity contribution >= 4 is 0 Å². The summed E-state index contributed by atoms with van der Waals surface area (Å²) in [5, 5.41) is 0. The Morgan fingerprint density at radius 2 is 0.972 bits per heavy atom. The first-order valence-electron chi connectivity index (χ1n) is 11.9. The fourth-order valence-corrected chi connectivity index (χ4v) is 4.18. The molecule has 0 N–H and O–H groups in total. The molecule has 0 radical (unpaired) electrons. The van der Waals surface area contributed by atoms with Crippen LogP contribution in [0.15, 0.2) is 109 Å². The Morgan fingerprint density at radius 3 is 1.44 bits per heavy atom. The van der Waals surface area contributed by atoms with Crippen molar-refractivity contribution in [2.24, 2.45) is 0 Å². The maximum atomic E-state index is 6.87. The SMILES string of the molecule is COc1ccc(OC[C@H](COC(c2ccccc2)(c2ccccc2)c2ccc(OC)cc2)OC)cc1. The van der Waals surface area contributed by atoms with Gasteiger partial charge in [-0.25, -0.2) is 0 Å². The second kappa shape index (κ2) is 12.2. The van der Waals surface area contributed by atoms with Gasteiger partial charge in [0, 0.05) is 7.11 Å². The van der Waals surface area contributed by atoms with Crippen LogP contribution in [0.3, 0.4) is 0 Å². The molecular formula is C31H32O5. The van der Waals surface area contributed by atoms with E-state index in [4.69, 9.17) is 23.7 Å². The lowest BCUT2D eigenvalue weighted by molar-refractivity contribution is -0.0638. The largest absolute Gasteiger partial charge is 0.497 e. The molecule has 36 heavy (non-hydrogen) atoms. The molecule has 4 rings (SSSR count). The molecule has 5 nitrogen and oxygen atoms in total. The summed E-state index contributed by atoms with van der Waals surface area (Å²) in [6.07, 6.45) is -0.294. The Bertz CT molecular complexity index is 1140. The summed E-state index contributed by atoms with van der Waals surface area (Å²) >= 11 is 0. The number of hydrogen-bond donors (Lipinski definition) is 0. The fourth-order valence-electron chi connectivity index (χ4n) is 4.18. The molecule has 0 saturated heterocycles. The van der Waals surface area contributed by atoms with E-state index in [9.17, 15) is 0 Å². The molecule has 0 fully saturated rings. The van der Waals surface area contributed by atoms with Crippen molar-refractivity contribution in [3.63, 3.8) is 0 Å². The first kappa shape index (κ1) is 25.3. The van der Waals surface area contributed by atoms with E-state index >= 15 is 0 Å². The summed E-state index contributed by atoms with van der Waals surface area (Å²) in [5.41, 5.74) is 2.18. The Balaban J connectivity index is 1.65. The van der Waals surface area contributed by atoms with Gasteiger partial charge in [0.05, 0.1) is 20.8 Å². The monoisotopic (exact) mass is 484 g/mol. The molecule has 0 amide bonds. The van der Waals surface area contributed by atoms with Crippen molar-refractivity contribution in [3.8, 4) is 17.2 Å². The second-order valence-electron chi connectivity index (χ2n) is 8.30. The number of benzene rings is 4. The lowest BCUT2D eigenvalue weighted by atomic mass is 9.80. The Morgan fingerprint density at radius 1 is 0.528 bits per heavy atom. The highest BCUT2D eigenvalue weighted by molar-refractivity contribution is 5.48. The molecule has 0 heterocycles. The molecular weight excluding hydrogens is 452 g/mol. The predicted octanol–water partition coefficient (Wildman–Crippen LogP) is 6.11. The zero-order chi connectivity index (χ0) is 25.2. The standard InChI is InChI=1S/C31H32O5/c1-32-27-16-14-26(15-17-27)31(24-10-6-4-7-11-24,25-12-8-5-9-13-25)36-23-30(34-3)22-35-29-20-18-28(33-2)19-21-29/h4-21,30H,22-23H2,1-3H3/t30-/m1/s1. The van der Waals surface area contributed by atoms with E-state index < -0.39 is 5.60 Å². The van der Waals surface area contributed by atoms with Crippen molar-refractivity contribution < 1.29 is 23.7 Å². The molecule has 0 bridgehead atoms. The van der Waals surface area contributed by atoms with Crippen LogP contribution in [0.2, 0.25) is 0 Å². The Hall–Kier alpha value is -3.80. The maximum absolute atomic E-state index is 6.87. The average Bonchev–Trinajstić information content (AvgIpc) is 2.96. The summed E-state index contributed by atoms with van der Waals surface area (Å²) in [5.74, 6) is 2.31. The van der Waals surface area contributed by atoms with Gasteiger partial charge in [0.2, 0.25) is 0 Å². The third kappa shape index (κ3) is 5.70. The Kier molecular flexibility index (Phi) is 8.61. The van der Waals surface area contributed by atoms with Crippen molar-refractivity contribution in [2.75, 3.05) is 34.5 Å². The number of rotatable bonds is 12. The minimum Gasteiger partial charge on any atom is -0.497 e. The summed E-state index contributed by atoms with van der Waals surface area (Å²) in [7, 11) is 4.98. The molecule has 0 aliphatic carbocycles. The number of hydrogen-bond acceptors (Lipinski definition) is 5. The van der Waals surface area contributed by atoms with E-state index in [1.807, 2.05) is 72.8 Å². The van der Waals surface area contributed by atoms with Crippen LogP contribution in [-0.4, -0.2) is 40.6 Å². The van der Waals surface area contributed by atoms with Gasteiger partial charge < -0.3 is 23.7 Å². The van der Waals surface area contributed by atoms with Crippen LogP contribution in [-0.2, 0) is 15.1 Å². The van der Waals surface area contributed by atoms with Gasteiger partial charge in [-0.1, -0.05) is 72.8 Å². The van der Waals surface area contributed by atoms with Gasteiger partial charge in [-0.05, 0) is 53.1 Å². The van der Waals surface area contributed by atoms with Crippen molar-refractivity contribution in [2.45, 2.75) is 11.7 Å². The van der Waals surface area contributed by atoms with Gasteiger partial charge in [0.25, 0.3) is 0 Å². The zero-order valence-electron chi connectivity index (χ0n) is 20.9. The van der Waals surface area contributed by atoms with Crippen LogP contribution >= 0.6 is 0 Å². The highest BCUT2D eigenvalue weighted by Gasteiger charge is 2.38. The van der Waals surface area contributed by atoms with E-state index in [-0.39, 0.29) is 6.10 Å². The molecule has 4 aromatic carbocycles. The second-order valence-corrected chi connectivity index (χ2v) is 8.30. The summed E-state index contributed by atoms with van der Waals surface area (Å²) in [6, 6.07) is 36.0.